The first-order valence-electron chi connectivity index (χ1n) is 11.2. The minimum absolute atomic E-state index is 0.0140. The third-order valence-electron chi connectivity index (χ3n) is 5.68. The van der Waals surface area contributed by atoms with E-state index in [9.17, 15) is 22.0 Å². The molecule has 0 bridgehead atoms. The lowest BCUT2D eigenvalue weighted by atomic mass is 10.1. The number of nitrogens with zero attached hydrogens (tertiary/aromatic N) is 3. The van der Waals surface area contributed by atoms with Crippen molar-refractivity contribution in [1.29, 1.82) is 0 Å². The predicted molar refractivity (Wildman–Crippen MR) is 136 cm³/mol. The van der Waals surface area contributed by atoms with Crippen LogP contribution in [0.1, 0.15) is 11.1 Å². The minimum Gasteiger partial charge on any atom is -0.351 e. The number of sulfonamides is 1. The average molecular weight is 539 g/mol. The number of rotatable bonds is 7. The van der Waals surface area contributed by atoms with E-state index in [1.54, 1.807) is 42.5 Å². The standard InChI is InChI=1S/C26H20F2N4O3S2/c27-19-10-8-17(9-11-19)13-29-24(33)16-36-26-30-14-23-25(31-26)21-6-1-2-7-22(21)32(37(23,34)35)15-18-4-3-5-20(28)12-18/h1-12,14H,13,15-16H2,(H,29,33). The molecule has 0 unspecified atom stereocenters. The van der Waals surface area contributed by atoms with Crippen LogP contribution in [0.25, 0.3) is 11.3 Å². The van der Waals surface area contributed by atoms with Crippen molar-refractivity contribution < 1.29 is 22.0 Å². The lowest BCUT2D eigenvalue weighted by molar-refractivity contribution is -0.118. The van der Waals surface area contributed by atoms with Gasteiger partial charge in [-0.15, -0.1) is 0 Å². The molecule has 4 aromatic rings. The van der Waals surface area contributed by atoms with E-state index in [1.165, 1.54) is 40.8 Å². The number of fused-ring (bicyclic) bond motifs is 3. The Kier molecular flexibility index (Phi) is 6.90. The highest BCUT2D eigenvalue weighted by Gasteiger charge is 2.36. The first-order chi connectivity index (χ1) is 17.8. The highest BCUT2D eigenvalue weighted by Crippen LogP contribution is 2.42. The van der Waals surface area contributed by atoms with Crippen molar-refractivity contribution in [3.63, 3.8) is 0 Å². The molecule has 0 spiro atoms. The molecule has 1 N–H and O–H groups in total. The topological polar surface area (TPSA) is 92.3 Å². The van der Waals surface area contributed by atoms with Crippen molar-refractivity contribution in [2.75, 3.05) is 10.1 Å². The van der Waals surface area contributed by atoms with Crippen LogP contribution in [0.2, 0.25) is 0 Å². The zero-order valence-corrected chi connectivity index (χ0v) is 20.9. The number of anilines is 1. The number of benzene rings is 3. The molecule has 0 atom stereocenters. The van der Waals surface area contributed by atoms with Gasteiger partial charge in [-0.05, 0) is 41.5 Å². The number of aromatic nitrogens is 2. The lowest BCUT2D eigenvalue weighted by Gasteiger charge is -2.31. The lowest BCUT2D eigenvalue weighted by Crippen LogP contribution is -2.34. The zero-order valence-electron chi connectivity index (χ0n) is 19.3. The van der Waals surface area contributed by atoms with Crippen molar-refractivity contribution in [3.05, 3.63) is 102 Å². The zero-order chi connectivity index (χ0) is 26.0. The average Bonchev–Trinajstić information content (AvgIpc) is 2.89. The first-order valence-corrected chi connectivity index (χ1v) is 13.6. The Hall–Kier alpha value is -3.83. The number of halogens is 2. The summed E-state index contributed by atoms with van der Waals surface area (Å²) in [6.07, 6.45) is 1.24. The maximum atomic E-state index is 13.7. The molecule has 0 saturated carbocycles. The van der Waals surface area contributed by atoms with Gasteiger partial charge in [0.15, 0.2) is 5.16 Å². The van der Waals surface area contributed by atoms with Crippen LogP contribution in [0.3, 0.4) is 0 Å². The Labute approximate surface area is 216 Å². The molecule has 1 aliphatic rings. The number of carbonyl (C=O) groups is 1. The maximum Gasteiger partial charge on any atom is 0.268 e. The van der Waals surface area contributed by atoms with Gasteiger partial charge in [-0.3, -0.25) is 9.10 Å². The van der Waals surface area contributed by atoms with Crippen molar-refractivity contribution in [2.45, 2.75) is 23.1 Å². The number of nitrogens with one attached hydrogen (secondary N) is 1. The molecule has 0 aliphatic carbocycles. The summed E-state index contributed by atoms with van der Waals surface area (Å²) in [5.74, 6) is -1.06. The van der Waals surface area contributed by atoms with E-state index >= 15 is 0 Å². The molecule has 11 heteroatoms. The Bertz CT molecular complexity index is 1580. The van der Waals surface area contributed by atoms with E-state index in [0.29, 0.717) is 16.8 Å². The molecule has 37 heavy (non-hydrogen) atoms. The smallest absolute Gasteiger partial charge is 0.268 e. The fraction of sp³-hybridized carbons (Fsp3) is 0.115. The first kappa shape index (κ1) is 24.8. The summed E-state index contributed by atoms with van der Waals surface area (Å²) in [5.41, 5.74) is 2.52. The second-order valence-electron chi connectivity index (χ2n) is 8.22. The molecule has 0 fully saturated rings. The molecule has 3 aromatic carbocycles. The molecule has 0 saturated heterocycles. The summed E-state index contributed by atoms with van der Waals surface area (Å²) in [6, 6.07) is 18.5. The highest BCUT2D eigenvalue weighted by molar-refractivity contribution is 7.99. The number of hydrogen-bond donors (Lipinski definition) is 1. The fourth-order valence-corrected chi connectivity index (χ4v) is 6.11. The van der Waals surface area contributed by atoms with Gasteiger partial charge in [0.2, 0.25) is 5.91 Å². The predicted octanol–water partition coefficient (Wildman–Crippen LogP) is 4.54. The molecule has 188 valence electrons. The van der Waals surface area contributed by atoms with Gasteiger partial charge in [0.25, 0.3) is 10.0 Å². The van der Waals surface area contributed by atoms with E-state index in [-0.39, 0.29) is 46.3 Å². The second kappa shape index (κ2) is 10.3. The third-order valence-corrected chi connectivity index (χ3v) is 8.30. The van der Waals surface area contributed by atoms with Gasteiger partial charge in [0, 0.05) is 12.1 Å². The summed E-state index contributed by atoms with van der Waals surface area (Å²) >= 11 is 1.07. The molecule has 1 aliphatic heterocycles. The van der Waals surface area contributed by atoms with Gasteiger partial charge in [-0.25, -0.2) is 27.2 Å². The molecule has 2 heterocycles. The molecule has 0 radical (unpaired) electrons. The van der Waals surface area contributed by atoms with Crippen molar-refractivity contribution >= 4 is 33.4 Å². The Morgan fingerprint density at radius 2 is 1.73 bits per heavy atom. The van der Waals surface area contributed by atoms with E-state index < -0.39 is 15.8 Å². The van der Waals surface area contributed by atoms with E-state index in [4.69, 9.17) is 0 Å². The molecule has 5 rings (SSSR count). The summed E-state index contributed by atoms with van der Waals surface area (Å²) in [6.45, 7) is 0.193. The molecular weight excluding hydrogens is 518 g/mol. The Morgan fingerprint density at radius 3 is 2.51 bits per heavy atom. The van der Waals surface area contributed by atoms with Crippen LogP contribution in [0, 0.1) is 11.6 Å². The molecule has 1 amide bonds. The summed E-state index contributed by atoms with van der Waals surface area (Å²) in [5, 5.41) is 2.99. The largest absolute Gasteiger partial charge is 0.351 e. The molecular formula is C26H20F2N4O3S2. The number of thioether (sulfide) groups is 1. The van der Waals surface area contributed by atoms with Crippen molar-refractivity contribution in [2.24, 2.45) is 0 Å². The quantitative estimate of drug-likeness (QED) is 0.274. The van der Waals surface area contributed by atoms with E-state index in [0.717, 1.165) is 17.3 Å². The Morgan fingerprint density at radius 1 is 0.946 bits per heavy atom. The third kappa shape index (κ3) is 5.32. The number of para-hydroxylation sites is 1. The van der Waals surface area contributed by atoms with Crippen LogP contribution in [0.15, 0.2) is 89.0 Å². The number of carbonyl (C=O) groups excluding carboxylic acids is 1. The number of amides is 1. The highest BCUT2D eigenvalue weighted by atomic mass is 32.2. The van der Waals surface area contributed by atoms with Crippen molar-refractivity contribution in [1.82, 2.24) is 15.3 Å². The minimum atomic E-state index is -4.03. The summed E-state index contributed by atoms with van der Waals surface area (Å²) < 4.78 is 55.1. The van der Waals surface area contributed by atoms with Crippen LogP contribution in [-0.4, -0.2) is 30.0 Å². The maximum absolute atomic E-state index is 13.7. The van der Waals surface area contributed by atoms with Gasteiger partial charge in [-0.2, -0.15) is 0 Å². The molecule has 1 aromatic heterocycles. The summed E-state index contributed by atoms with van der Waals surface area (Å²) in [4.78, 5) is 20.9. The second-order valence-corrected chi connectivity index (χ2v) is 11.0. The molecule has 7 nitrogen and oxygen atoms in total. The van der Waals surface area contributed by atoms with Crippen LogP contribution < -0.4 is 9.62 Å². The van der Waals surface area contributed by atoms with Gasteiger partial charge >= 0.3 is 0 Å². The van der Waals surface area contributed by atoms with Gasteiger partial charge in [0.1, 0.15) is 16.5 Å². The van der Waals surface area contributed by atoms with Gasteiger partial charge in [0.05, 0.1) is 29.9 Å². The monoisotopic (exact) mass is 538 g/mol. The van der Waals surface area contributed by atoms with Crippen molar-refractivity contribution in [3.8, 4) is 11.3 Å². The van der Waals surface area contributed by atoms with E-state index in [2.05, 4.69) is 15.3 Å². The normalized spacial score (nSPS) is 13.5. The number of hydrogen-bond acceptors (Lipinski definition) is 6. The summed E-state index contributed by atoms with van der Waals surface area (Å²) in [7, 11) is -4.03. The van der Waals surface area contributed by atoms with E-state index in [1.807, 2.05) is 0 Å². The van der Waals surface area contributed by atoms with Crippen LogP contribution >= 0.6 is 11.8 Å². The van der Waals surface area contributed by atoms with Gasteiger partial charge < -0.3 is 5.32 Å². The Balaban J connectivity index is 1.36. The van der Waals surface area contributed by atoms with Crippen LogP contribution in [-0.2, 0) is 27.9 Å². The van der Waals surface area contributed by atoms with Crippen LogP contribution in [0.5, 0.6) is 0 Å². The van der Waals surface area contributed by atoms with Crippen LogP contribution in [0.4, 0.5) is 14.5 Å². The SMILES string of the molecule is O=C(CSc1ncc2c(n1)-c1ccccc1N(Cc1cccc(F)c1)S2(=O)=O)NCc1ccc(F)cc1. The van der Waals surface area contributed by atoms with Gasteiger partial charge in [-0.1, -0.05) is 54.2 Å². The fourth-order valence-electron chi connectivity index (χ4n) is 3.90.